The summed E-state index contributed by atoms with van der Waals surface area (Å²) in [5.74, 6) is -0.244. The van der Waals surface area contributed by atoms with E-state index in [0.717, 1.165) is 5.19 Å². The van der Waals surface area contributed by atoms with E-state index in [2.05, 4.69) is 0 Å². The number of hydrogen-bond donors (Lipinski definition) is 0. The van der Waals surface area contributed by atoms with Crippen molar-refractivity contribution in [3.05, 3.63) is 58.1 Å². The molecule has 0 aromatic heterocycles. The van der Waals surface area contributed by atoms with Crippen molar-refractivity contribution in [1.82, 2.24) is 0 Å². The first kappa shape index (κ1) is 26.9. The van der Waals surface area contributed by atoms with Crippen LogP contribution in [0.15, 0.2) is 47.4 Å². The van der Waals surface area contributed by atoms with Crippen molar-refractivity contribution in [3.8, 4) is 0 Å². The lowest BCUT2D eigenvalue weighted by atomic mass is 10.2. The molecule has 0 heterocycles. The summed E-state index contributed by atoms with van der Waals surface area (Å²) >= 11 is 30.1. The summed E-state index contributed by atoms with van der Waals surface area (Å²) in [4.78, 5) is 11.9. The molecule has 0 fully saturated rings. The fourth-order valence-corrected chi connectivity index (χ4v) is 12.0. The minimum absolute atomic E-state index is 0.0157. The number of methoxy groups -OCH3 is 1. The molecule has 0 saturated heterocycles. The fourth-order valence-electron chi connectivity index (χ4n) is 3.52. The highest BCUT2D eigenvalue weighted by Crippen LogP contribution is 2.45. The standard InChI is InChI=1S/C20H21Cl5O4SSi/c1-14(26)12-31(13-29-2,15-6-4-3-5-7-15)11-10-30(27,28)17-9-8-16(20(23,24)25)18(21)19(17)22/h3-9H,10-13H2,1-2H3. The highest BCUT2D eigenvalue weighted by Gasteiger charge is 2.39. The molecular weight excluding hydrogens is 542 g/mol. The first-order chi connectivity index (χ1) is 14.3. The molecule has 170 valence electrons. The Morgan fingerprint density at radius 3 is 2.16 bits per heavy atom. The summed E-state index contributed by atoms with van der Waals surface area (Å²) in [7, 11) is -4.94. The number of halogens is 5. The third-order valence-electron chi connectivity index (χ3n) is 4.93. The SMILES string of the molecule is COC[Si](CCS(=O)(=O)c1ccc(C(Cl)(Cl)Cl)c(Cl)c1Cl)(CC(C)=O)c1ccccc1. The largest absolute Gasteiger partial charge is 0.388 e. The third kappa shape index (κ3) is 6.61. The van der Waals surface area contributed by atoms with Gasteiger partial charge in [0.15, 0.2) is 9.84 Å². The quantitative estimate of drug-likeness (QED) is 0.290. The predicted octanol–water partition coefficient (Wildman–Crippen LogP) is 5.72. The second kappa shape index (κ2) is 10.7. The van der Waals surface area contributed by atoms with Gasteiger partial charge in [-0.05, 0) is 19.0 Å². The van der Waals surface area contributed by atoms with Gasteiger partial charge in [-0.3, -0.25) is 0 Å². The molecule has 0 aliphatic rings. The molecule has 31 heavy (non-hydrogen) atoms. The summed E-state index contributed by atoms with van der Waals surface area (Å²) in [6.45, 7) is 1.50. The van der Waals surface area contributed by atoms with Gasteiger partial charge in [-0.25, -0.2) is 8.42 Å². The highest BCUT2D eigenvalue weighted by atomic mass is 35.6. The lowest BCUT2D eigenvalue weighted by Crippen LogP contribution is -2.54. The molecule has 2 aromatic carbocycles. The van der Waals surface area contributed by atoms with Crippen molar-refractivity contribution in [2.24, 2.45) is 0 Å². The lowest BCUT2D eigenvalue weighted by Gasteiger charge is -2.31. The van der Waals surface area contributed by atoms with E-state index in [4.69, 9.17) is 62.7 Å². The van der Waals surface area contributed by atoms with Crippen molar-refractivity contribution >= 4 is 86.9 Å². The van der Waals surface area contributed by atoms with Crippen LogP contribution in [0.1, 0.15) is 12.5 Å². The molecule has 0 aliphatic heterocycles. The van der Waals surface area contributed by atoms with Gasteiger partial charge in [0, 0.05) is 24.9 Å². The van der Waals surface area contributed by atoms with E-state index in [1.807, 2.05) is 30.3 Å². The van der Waals surface area contributed by atoms with Crippen LogP contribution in [0.2, 0.25) is 22.1 Å². The maximum Gasteiger partial charge on any atom is 0.217 e. The molecule has 2 rings (SSSR count). The number of alkyl halides is 3. The number of hydrogen-bond acceptors (Lipinski definition) is 4. The number of carbonyl (C=O) groups excluding carboxylic acids is 1. The summed E-state index contributed by atoms with van der Waals surface area (Å²) in [6.07, 6.45) is 0.312. The molecule has 0 radical (unpaired) electrons. The van der Waals surface area contributed by atoms with Crippen LogP contribution in [0.25, 0.3) is 0 Å². The number of ether oxygens (including phenoxy) is 1. The maximum absolute atomic E-state index is 13.2. The molecule has 0 amide bonds. The average Bonchev–Trinajstić information content (AvgIpc) is 2.67. The normalized spacial score (nSPS) is 14.3. The van der Waals surface area contributed by atoms with Crippen LogP contribution >= 0.6 is 58.0 Å². The Labute approximate surface area is 208 Å². The summed E-state index contributed by atoms with van der Waals surface area (Å²) in [5, 5.41) is 0.628. The first-order valence-electron chi connectivity index (χ1n) is 9.16. The second-order valence-electron chi connectivity index (χ2n) is 7.26. The van der Waals surface area contributed by atoms with Gasteiger partial charge in [0.05, 0.1) is 20.7 Å². The molecule has 0 N–H and O–H groups in total. The number of benzene rings is 2. The van der Waals surface area contributed by atoms with Crippen LogP contribution in [0, 0.1) is 0 Å². The molecular formula is C20H21Cl5O4SSi. The van der Waals surface area contributed by atoms with Crippen LogP contribution in [0.3, 0.4) is 0 Å². The maximum atomic E-state index is 13.2. The van der Waals surface area contributed by atoms with Crippen molar-refractivity contribution in [1.29, 1.82) is 0 Å². The van der Waals surface area contributed by atoms with E-state index in [1.54, 1.807) is 7.11 Å². The van der Waals surface area contributed by atoms with E-state index in [1.165, 1.54) is 19.1 Å². The summed E-state index contributed by atoms with van der Waals surface area (Å²) in [6, 6.07) is 12.6. The van der Waals surface area contributed by atoms with E-state index in [0.29, 0.717) is 6.23 Å². The Bertz CT molecular complexity index is 1040. The predicted molar refractivity (Wildman–Crippen MR) is 132 cm³/mol. The average molecular weight is 563 g/mol. The minimum Gasteiger partial charge on any atom is -0.388 e. The second-order valence-corrected chi connectivity index (χ2v) is 16.7. The molecule has 1 atom stereocenters. The van der Waals surface area contributed by atoms with Gasteiger partial charge in [-0.15, -0.1) is 0 Å². The Kier molecular flexibility index (Phi) is 9.33. The number of rotatable bonds is 9. The topological polar surface area (TPSA) is 60.4 Å². The lowest BCUT2D eigenvalue weighted by molar-refractivity contribution is -0.115. The number of Topliss-reactive ketones (excluding diaryl/α,β-unsaturated/α-hetero) is 1. The molecule has 0 spiro atoms. The van der Waals surface area contributed by atoms with Crippen molar-refractivity contribution < 1.29 is 17.9 Å². The van der Waals surface area contributed by atoms with Gasteiger partial charge in [0.25, 0.3) is 0 Å². The zero-order valence-corrected chi connectivity index (χ0v) is 22.4. The van der Waals surface area contributed by atoms with Crippen molar-refractivity contribution in [3.63, 3.8) is 0 Å². The van der Waals surface area contributed by atoms with Gasteiger partial charge < -0.3 is 9.53 Å². The fraction of sp³-hybridized carbons (Fsp3) is 0.350. The van der Waals surface area contributed by atoms with Gasteiger partial charge in [-0.1, -0.05) is 99.6 Å². The Balaban J connectivity index is 2.45. The molecule has 1 unspecified atom stereocenters. The minimum atomic E-state index is -3.85. The molecule has 0 saturated carbocycles. The van der Waals surface area contributed by atoms with Crippen LogP contribution in [-0.2, 0) is 23.2 Å². The zero-order chi connectivity index (χ0) is 23.4. The smallest absolute Gasteiger partial charge is 0.217 e. The Hall–Kier alpha value is -0.313. The molecule has 4 nitrogen and oxygen atoms in total. The molecule has 0 bridgehead atoms. The van der Waals surface area contributed by atoms with Crippen LogP contribution in [0.5, 0.6) is 0 Å². The zero-order valence-electron chi connectivity index (χ0n) is 16.8. The Morgan fingerprint density at radius 2 is 1.65 bits per heavy atom. The number of ketones is 1. The van der Waals surface area contributed by atoms with Crippen LogP contribution in [0.4, 0.5) is 0 Å². The number of sulfone groups is 1. The van der Waals surface area contributed by atoms with Crippen LogP contribution < -0.4 is 5.19 Å². The van der Waals surface area contributed by atoms with Gasteiger partial charge >= 0.3 is 0 Å². The third-order valence-corrected chi connectivity index (χ3v) is 13.4. The molecule has 11 heteroatoms. The van der Waals surface area contributed by atoms with Gasteiger partial charge in [-0.2, -0.15) is 0 Å². The van der Waals surface area contributed by atoms with Gasteiger partial charge in [0.2, 0.25) is 3.79 Å². The van der Waals surface area contributed by atoms with Crippen molar-refractivity contribution in [2.75, 3.05) is 19.1 Å². The summed E-state index contributed by atoms with van der Waals surface area (Å²) < 4.78 is 30.0. The van der Waals surface area contributed by atoms with Gasteiger partial charge in [0.1, 0.15) is 13.9 Å². The van der Waals surface area contributed by atoms with E-state index >= 15 is 0 Å². The molecule has 0 aliphatic carbocycles. The molecule has 2 aromatic rings. The Morgan fingerprint density at radius 1 is 1.03 bits per heavy atom. The van der Waals surface area contributed by atoms with E-state index in [-0.39, 0.29) is 44.1 Å². The van der Waals surface area contributed by atoms with E-state index in [9.17, 15) is 13.2 Å². The first-order valence-corrected chi connectivity index (χ1v) is 15.3. The summed E-state index contributed by atoms with van der Waals surface area (Å²) in [5.41, 5.74) is 0.0899. The van der Waals surface area contributed by atoms with E-state index < -0.39 is 21.7 Å². The number of carbonyl (C=O) groups is 1. The highest BCUT2D eigenvalue weighted by molar-refractivity contribution is 7.91. The van der Waals surface area contributed by atoms with Crippen molar-refractivity contribution in [2.45, 2.75) is 27.7 Å². The monoisotopic (exact) mass is 560 g/mol. The van der Waals surface area contributed by atoms with Crippen LogP contribution in [-0.4, -0.2) is 41.4 Å².